The lowest BCUT2D eigenvalue weighted by atomic mass is 10.1. The summed E-state index contributed by atoms with van der Waals surface area (Å²) in [6.45, 7) is 2.91. The Morgan fingerprint density at radius 3 is 2.56 bits per heavy atom. The number of carboxylic acids is 1. The van der Waals surface area contributed by atoms with E-state index in [1.807, 2.05) is 43.3 Å². The smallest absolute Gasteiger partial charge is 0.303 e. The molecule has 0 radical (unpaired) electrons. The van der Waals surface area contributed by atoms with E-state index in [0.29, 0.717) is 31.1 Å². The summed E-state index contributed by atoms with van der Waals surface area (Å²) >= 11 is 0. The molecule has 2 aromatic rings. The van der Waals surface area contributed by atoms with Crippen LogP contribution < -0.4 is 14.8 Å². The SMILES string of the molecule is COc1ccc(CCNC(=O)CCC(=O)O)cc1OCc1cccc(C)c1. The van der Waals surface area contributed by atoms with Gasteiger partial charge in [0.15, 0.2) is 11.5 Å². The fraction of sp³-hybridized carbons (Fsp3) is 0.333. The maximum atomic E-state index is 11.6. The molecule has 2 rings (SSSR count). The first kappa shape index (κ1) is 20.3. The molecule has 2 N–H and O–H groups in total. The van der Waals surface area contributed by atoms with Gasteiger partial charge in [-0.1, -0.05) is 35.9 Å². The van der Waals surface area contributed by atoms with Crippen molar-refractivity contribution in [3.63, 3.8) is 0 Å². The molecule has 2 aromatic carbocycles. The molecule has 0 aliphatic heterocycles. The summed E-state index contributed by atoms with van der Waals surface area (Å²) in [5, 5.41) is 11.3. The first-order chi connectivity index (χ1) is 13.0. The molecule has 6 heteroatoms. The number of nitrogens with one attached hydrogen (secondary N) is 1. The molecular formula is C21H25NO5. The van der Waals surface area contributed by atoms with E-state index in [1.54, 1.807) is 7.11 Å². The molecular weight excluding hydrogens is 346 g/mol. The van der Waals surface area contributed by atoms with Crippen LogP contribution in [0.15, 0.2) is 42.5 Å². The Morgan fingerprint density at radius 2 is 1.85 bits per heavy atom. The van der Waals surface area contributed by atoms with Crippen molar-refractivity contribution in [2.75, 3.05) is 13.7 Å². The van der Waals surface area contributed by atoms with Crippen molar-refractivity contribution in [3.8, 4) is 11.5 Å². The lowest BCUT2D eigenvalue weighted by Gasteiger charge is -2.13. The van der Waals surface area contributed by atoms with Crippen molar-refractivity contribution >= 4 is 11.9 Å². The highest BCUT2D eigenvalue weighted by Crippen LogP contribution is 2.29. The monoisotopic (exact) mass is 371 g/mol. The standard InChI is InChI=1S/C21H25NO5/c1-15-4-3-5-17(12-15)14-27-19-13-16(6-7-18(19)26-2)10-11-22-20(23)8-9-21(24)25/h3-7,12-13H,8-11,14H2,1-2H3,(H,22,23)(H,24,25). The molecule has 0 fully saturated rings. The summed E-state index contributed by atoms with van der Waals surface area (Å²) in [7, 11) is 1.59. The van der Waals surface area contributed by atoms with Crippen molar-refractivity contribution in [1.82, 2.24) is 5.32 Å². The van der Waals surface area contributed by atoms with E-state index in [4.69, 9.17) is 14.6 Å². The summed E-state index contributed by atoms with van der Waals surface area (Å²) in [6.07, 6.45) is 0.442. The van der Waals surface area contributed by atoms with Gasteiger partial charge in [-0.3, -0.25) is 9.59 Å². The van der Waals surface area contributed by atoms with E-state index >= 15 is 0 Å². The molecule has 0 saturated heterocycles. The van der Waals surface area contributed by atoms with E-state index in [1.165, 1.54) is 5.56 Å². The van der Waals surface area contributed by atoms with Gasteiger partial charge in [-0.2, -0.15) is 0 Å². The van der Waals surface area contributed by atoms with Gasteiger partial charge in [0.2, 0.25) is 5.91 Å². The zero-order valence-electron chi connectivity index (χ0n) is 15.7. The largest absolute Gasteiger partial charge is 0.493 e. The molecule has 0 aliphatic rings. The van der Waals surface area contributed by atoms with Crippen LogP contribution in [0.3, 0.4) is 0 Å². The van der Waals surface area contributed by atoms with Gasteiger partial charge in [-0.25, -0.2) is 0 Å². The van der Waals surface area contributed by atoms with Gasteiger partial charge in [0.1, 0.15) is 6.61 Å². The number of ether oxygens (including phenoxy) is 2. The Balaban J connectivity index is 1.91. The topological polar surface area (TPSA) is 84.9 Å². The second kappa shape index (κ2) is 10.2. The maximum Gasteiger partial charge on any atom is 0.303 e. The van der Waals surface area contributed by atoms with Crippen molar-refractivity contribution in [3.05, 3.63) is 59.2 Å². The van der Waals surface area contributed by atoms with Crippen molar-refractivity contribution in [2.45, 2.75) is 32.8 Å². The number of amides is 1. The van der Waals surface area contributed by atoms with Crippen LogP contribution in [0.2, 0.25) is 0 Å². The van der Waals surface area contributed by atoms with E-state index in [9.17, 15) is 9.59 Å². The number of aliphatic carboxylic acids is 1. The third-order valence-corrected chi connectivity index (χ3v) is 4.01. The Bertz CT molecular complexity index is 788. The number of carboxylic acid groups (broad SMARTS) is 1. The lowest BCUT2D eigenvalue weighted by molar-refractivity contribution is -0.138. The van der Waals surface area contributed by atoms with Crippen molar-refractivity contribution in [1.29, 1.82) is 0 Å². The minimum atomic E-state index is -0.976. The molecule has 0 aromatic heterocycles. The molecule has 0 aliphatic carbocycles. The van der Waals surface area contributed by atoms with E-state index < -0.39 is 5.97 Å². The molecule has 0 atom stereocenters. The highest BCUT2D eigenvalue weighted by Gasteiger charge is 2.08. The number of methoxy groups -OCH3 is 1. The summed E-state index contributed by atoms with van der Waals surface area (Å²) in [4.78, 5) is 22.0. The molecule has 27 heavy (non-hydrogen) atoms. The molecule has 0 saturated carbocycles. The average Bonchev–Trinajstić information content (AvgIpc) is 2.65. The highest BCUT2D eigenvalue weighted by molar-refractivity contribution is 5.80. The summed E-state index contributed by atoms with van der Waals surface area (Å²) in [6, 6.07) is 13.8. The van der Waals surface area contributed by atoms with Crippen molar-refractivity contribution < 1.29 is 24.2 Å². The van der Waals surface area contributed by atoms with Crippen LogP contribution in [0.4, 0.5) is 0 Å². The van der Waals surface area contributed by atoms with Gasteiger partial charge >= 0.3 is 5.97 Å². The first-order valence-electron chi connectivity index (χ1n) is 8.81. The molecule has 1 amide bonds. The summed E-state index contributed by atoms with van der Waals surface area (Å²) in [5.74, 6) is 0.0585. The van der Waals surface area contributed by atoms with Gasteiger partial charge in [0.25, 0.3) is 0 Å². The zero-order chi connectivity index (χ0) is 19.6. The highest BCUT2D eigenvalue weighted by atomic mass is 16.5. The first-order valence-corrected chi connectivity index (χ1v) is 8.81. The van der Waals surface area contributed by atoms with Crippen LogP contribution in [0, 0.1) is 6.92 Å². The van der Waals surface area contributed by atoms with Gasteiger partial charge in [0.05, 0.1) is 13.5 Å². The average molecular weight is 371 g/mol. The number of carbonyl (C=O) groups is 2. The fourth-order valence-electron chi connectivity index (χ4n) is 2.61. The molecule has 0 bridgehead atoms. The van der Waals surface area contributed by atoms with E-state index in [2.05, 4.69) is 11.4 Å². The number of carbonyl (C=O) groups excluding carboxylic acids is 1. The predicted molar refractivity (Wildman–Crippen MR) is 102 cm³/mol. The Morgan fingerprint density at radius 1 is 1.04 bits per heavy atom. The van der Waals surface area contributed by atoms with E-state index in [0.717, 1.165) is 11.1 Å². The number of aryl methyl sites for hydroxylation is 1. The number of benzene rings is 2. The minimum absolute atomic E-state index is 0.0111. The van der Waals surface area contributed by atoms with Gasteiger partial charge in [-0.15, -0.1) is 0 Å². The Kier molecular flexibility index (Phi) is 7.67. The summed E-state index contributed by atoms with van der Waals surface area (Å²) in [5.41, 5.74) is 3.25. The third kappa shape index (κ3) is 7.01. The molecule has 144 valence electrons. The predicted octanol–water partition coefficient (Wildman–Crippen LogP) is 3.11. The number of hydrogen-bond donors (Lipinski definition) is 2. The quantitative estimate of drug-likeness (QED) is 0.670. The molecule has 0 spiro atoms. The Hall–Kier alpha value is -3.02. The zero-order valence-corrected chi connectivity index (χ0v) is 15.7. The van der Waals surface area contributed by atoms with Crippen molar-refractivity contribution in [2.24, 2.45) is 0 Å². The Labute approximate surface area is 159 Å². The normalized spacial score (nSPS) is 10.3. The minimum Gasteiger partial charge on any atom is -0.493 e. The summed E-state index contributed by atoms with van der Waals surface area (Å²) < 4.78 is 11.3. The van der Waals surface area contributed by atoms with Crippen LogP contribution in [0.25, 0.3) is 0 Å². The van der Waals surface area contributed by atoms with Crippen LogP contribution in [0.1, 0.15) is 29.5 Å². The molecule has 0 unspecified atom stereocenters. The second-order valence-corrected chi connectivity index (χ2v) is 6.26. The third-order valence-electron chi connectivity index (χ3n) is 4.01. The lowest BCUT2D eigenvalue weighted by Crippen LogP contribution is -2.26. The molecule has 6 nitrogen and oxygen atoms in total. The van der Waals surface area contributed by atoms with Gasteiger partial charge in [-0.05, 0) is 36.6 Å². The van der Waals surface area contributed by atoms with Gasteiger partial charge in [0, 0.05) is 13.0 Å². The molecule has 0 heterocycles. The van der Waals surface area contributed by atoms with Crippen LogP contribution in [-0.2, 0) is 22.6 Å². The van der Waals surface area contributed by atoms with Crippen LogP contribution in [-0.4, -0.2) is 30.6 Å². The maximum absolute atomic E-state index is 11.6. The van der Waals surface area contributed by atoms with Crippen LogP contribution in [0.5, 0.6) is 11.5 Å². The van der Waals surface area contributed by atoms with Gasteiger partial charge < -0.3 is 19.9 Å². The fourth-order valence-corrected chi connectivity index (χ4v) is 2.61. The van der Waals surface area contributed by atoms with E-state index in [-0.39, 0.29) is 18.7 Å². The number of hydrogen-bond acceptors (Lipinski definition) is 4. The second-order valence-electron chi connectivity index (χ2n) is 6.26. The number of rotatable bonds is 10. The van der Waals surface area contributed by atoms with Crippen LogP contribution >= 0.6 is 0 Å².